The number of hydrogen-bond donors (Lipinski definition) is 2. The molecule has 2 aliphatic rings. The predicted molar refractivity (Wildman–Crippen MR) is 118 cm³/mol. The van der Waals surface area contributed by atoms with Crippen LogP contribution in [0.3, 0.4) is 0 Å². The van der Waals surface area contributed by atoms with E-state index < -0.39 is 37.6 Å². The van der Waals surface area contributed by atoms with Gasteiger partial charge in [0.25, 0.3) is 0 Å². The number of nitrogens with zero attached hydrogens (tertiary/aromatic N) is 2. The zero-order valence-corrected chi connectivity index (χ0v) is 19.5. The van der Waals surface area contributed by atoms with E-state index in [4.69, 9.17) is 10.5 Å². The summed E-state index contributed by atoms with van der Waals surface area (Å²) in [7, 11) is -1.92. The summed E-state index contributed by atoms with van der Waals surface area (Å²) >= 11 is 0. The second-order valence-electron chi connectivity index (χ2n) is 9.69. The fraction of sp³-hybridized carbons (Fsp3) is 0.619. The van der Waals surface area contributed by atoms with Gasteiger partial charge in [-0.1, -0.05) is 0 Å². The van der Waals surface area contributed by atoms with Gasteiger partial charge >= 0.3 is 6.09 Å². The number of amidine groups is 1. The highest BCUT2D eigenvalue weighted by atomic mass is 32.2. The molecule has 3 rings (SSSR count). The van der Waals surface area contributed by atoms with Crippen LogP contribution in [0.25, 0.3) is 0 Å². The number of likely N-dealkylation sites (tertiary alicyclic amines) is 1. The number of sulfone groups is 1. The molecule has 1 aromatic rings. The lowest BCUT2D eigenvalue weighted by molar-refractivity contribution is 0.0602. The van der Waals surface area contributed by atoms with Crippen molar-refractivity contribution in [2.24, 2.45) is 4.99 Å². The van der Waals surface area contributed by atoms with Gasteiger partial charge in [0.05, 0.1) is 11.3 Å². The molecule has 31 heavy (non-hydrogen) atoms. The van der Waals surface area contributed by atoms with Gasteiger partial charge < -0.3 is 20.7 Å². The molecule has 1 spiro atoms. The SMILES string of the molecule is CN1CCC2(CC1)/C(=N/C(=O)OC(C)(C)C)N[C@](C)(c1cc(N)ccc1F)CS2(=O)=O. The molecule has 2 heterocycles. The van der Waals surface area contributed by atoms with E-state index in [0.29, 0.717) is 18.8 Å². The molecular weight excluding hydrogens is 423 g/mol. The number of aliphatic imine (C=N–C) groups is 1. The van der Waals surface area contributed by atoms with Crippen molar-refractivity contribution in [3.05, 3.63) is 29.6 Å². The van der Waals surface area contributed by atoms with Crippen LogP contribution in [0.4, 0.5) is 14.9 Å². The molecule has 0 radical (unpaired) electrons. The normalized spacial score (nSPS) is 27.1. The molecule has 2 fully saturated rings. The van der Waals surface area contributed by atoms with Crippen molar-refractivity contribution < 1.29 is 22.3 Å². The van der Waals surface area contributed by atoms with E-state index in [9.17, 15) is 17.6 Å². The van der Waals surface area contributed by atoms with E-state index >= 15 is 0 Å². The van der Waals surface area contributed by atoms with Crippen molar-refractivity contribution >= 4 is 27.5 Å². The molecule has 8 nitrogen and oxygen atoms in total. The minimum atomic E-state index is -3.83. The van der Waals surface area contributed by atoms with Gasteiger partial charge in [0.2, 0.25) is 0 Å². The van der Waals surface area contributed by atoms with Crippen molar-refractivity contribution in [3.63, 3.8) is 0 Å². The van der Waals surface area contributed by atoms with Crippen molar-refractivity contribution in [2.75, 3.05) is 31.6 Å². The van der Waals surface area contributed by atoms with Gasteiger partial charge in [-0.25, -0.2) is 17.6 Å². The van der Waals surface area contributed by atoms with Gasteiger partial charge in [-0.3, -0.25) is 0 Å². The Hall–Kier alpha value is -2.20. The number of piperidine rings is 1. The third-order valence-electron chi connectivity index (χ3n) is 5.88. The summed E-state index contributed by atoms with van der Waals surface area (Å²) in [6, 6.07) is 4.03. The number of ether oxygens (including phenoxy) is 1. The quantitative estimate of drug-likeness (QED) is 0.627. The topological polar surface area (TPSA) is 114 Å². The fourth-order valence-electron chi connectivity index (χ4n) is 4.22. The number of hydrogen-bond acceptors (Lipinski definition) is 6. The number of carbonyl (C=O) groups excluding carboxylic acids is 1. The number of nitrogens with two attached hydrogens (primary N) is 1. The van der Waals surface area contributed by atoms with E-state index in [1.807, 2.05) is 11.9 Å². The number of carbonyl (C=O) groups is 1. The molecule has 0 aromatic heterocycles. The molecule has 1 aromatic carbocycles. The highest BCUT2D eigenvalue weighted by molar-refractivity contribution is 7.93. The Balaban J connectivity index is 2.13. The minimum Gasteiger partial charge on any atom is -0.442 e. The van der Waals surface area contributed by atoms with Gasteiger partial charge in [0, 0.05) is 11.3 Å². The van der Waals surface area contributed by atoms with Crippen LogP contribution in [-0.2, 0) is 20.1 Å². The van der Waals surface area contributed by atoms with Crippen LogP contribution in [0.2, 0.25) is 0 Å². The van der Waals surface area contributed by atoms with Gasteiger partial charge in [0.15, 0.2) is 9.84 Å². The first-order chi connectivity index (χ1) is 14.2. The molecule has 3 N–H and O–H groups in total. The number of nitrogens with one attached hydrogen (secondary N) is 1. The summed E-state index contributed by atoms with van der Waals surface area (Å²) in [4.78, 5) is 18.7. The average Bonchev–Trinajstić information content (AvgIpc) is 2.61. The van der Waals surface area contributed by atoms with Gasteiger partial charge in [0.1, 0.15) is 22.0 Å². The monoisotopic (exact) mass is 454 g/mol. The number of rotatable bonds is 1. The number of nitrogen functional groups attached to an aromatic ring is 1. The lowest BCUT2D eigenvalue weighted by atomic mass is 9.88. The molecular formula is C21H31FN4O4S. The van der Waals surface area contributed by atoms with E-state index in [1.165, 1.54) is 18.2 Å². The highest BCUT2D eigenvalue weighted by Gasteiger charge is 2.58. The van der Waals surface area contributed by atoms with Crippen molar-refractivity contribution in [1.29, 1.82) is 0 Å². The molecule has 0 saturated carbocycles. The molecule has 1 amide bonds. The molecule has 0 aliphatic carbocycles. The third kappa shape index (κ3) is 4.55. The maximum atomic E-state index is 14.7. The number of amides is 1. The van der Waals surface area contributed by atoms with Crippen LogP contribution in [0.5, 0.6) is 0 Å². The summed E-state index contributed by atoms with van der Waals surface area (Å²) in [5, 5.41) is 3.12. The maximum absolute atomic E-state index is 14.7. The number of benzene rings is 1. The van der Waals surface area contributed by atoms with Crippen LogP contribution in [0, 0.1) is 5.82 Å². The standard InChI is InChI=1S/C21H31FN4O4S/c1-19(2,3)30-18(27)24-17-21(8-10-26(5)11-9-21)31(28,29)13-20(4,25-17)15-12-14(23)6-7-16(15)22/h6-7,12H,8-11,13,23H2,1-5H3,(H,24,25,27)/t20-/m0/s1. The molecule has 1 atom stereocenters. The van der Waals surface area contributed by atoms with Crippen LogP contribution in [0.1, 0.15) is 46.1 Å². The lowest BCUT2D eigenvalue weighted by Gasteiger charge is -2.49. The first-order valence-electron chi connectivity index (χ1n) is 10.2. The van der Waals surface area contributed by atoms with Gasteiger partial charge in [-0.2, -0.15) is 4.99 Å². The van der Waals surface area contributed by atoms with Gasteiger partial charge in [-0.05, 0) is 78.9 Å². The average molecular weight is 455 g/mol. The van der Waals surface area contributed by atoms with Gasteiger partial charge in [-0.15, -0.1) is 0 Å². The Morgan fingerprint density at radius 3 is 2.48 bits per heavy atom. The molecule has 0 bridgehead atoms. The Bertz CT molecular complexity index is 1010. The summed E-state index contributed by atoms with van der Waals surface area (Å²) in [6.07, 6.45) is -0.341. The van der Waals surface area contributed by atoms with Crippen LogP contribution in [-0.4, -0.2) is 61.5 Å². The Morgan fingerprint density at radius 1 is 1.29 bits per heavy atom. The predicted octanol–water partition coefficient (Wildman–Crippen LogP) is 2.44. The minimum absolute atomic E-state index is 0.00502. The smallest absolute Gasteiger partial charge is 0.435 e. The Morgan fingerprint density at radius 2 is 1.90 bits per heavy atom. The van der Waals surface area contributed by atoms with Crippen LogP contribution >= 0.6 is 0 Å². The largest absolute Gasteiger partial charge is 0.442 e. The molecule has 2 saturated heterocycles. The molecule has 172 valence electrons. The van der Waals surface area contributed by atoms with Crippen molar-refractivity contribution in [1.82, 2.24) is 10.2 Å². The van der Waals surface area contributed by atoms with Crippen molar-refractivity contribution in [2.45, 2.75) is 56.4 Å². The first-order valence-corrected chi connectivity index (χ1v) is 11.9. The third-order valence-corrected chi connectivity index (χ3v) is 8.63. The molecule has 10 heteroatoms. The van der Waals surface area contributed by atoms with E-state index in [1.54, 1.807) is 27.7 Å². The van der Waals surface area contributed by atoms with E-state index in [0.717, 1.165) is 0 Å². The Kier molecular flexibility index (Phi) is 5.86. The van der Waals surface area contributed by atoms with Crippen LogP contribution in [0.15, 0.2) is 23.2 Å². The summed E-state index contributed by atoms with van der Waals surface area (Å²) in [5.74, 6) is -0.932. The summed E-state index contributed by atoms with van der Waals surface area (Å²) < 4.78 is 46.0. The van der Waals surface area contributed by atoms with E-state index in [2.05, 4.69) is 10.3 Å². The highest BCUT2D eigenvalue weighted by Crippen LogP contribution is 2.41. The number of halogens is 1. The van der Waals surface area contributed by atoms with E-state index in [-0.39, 0.29) is 30.0 Å². The second-order valence-corrected chi connectivity index (χ2v) is 12.0. The zero-order chi connectivity index (χ0) is 23.2. The Labute approximate surface area is 183 Å². The second kappa shape index (κ2) is 7.74. The van der Waals surface area contributed by atoms with Crippen molar-refractivity contribution in [3.8, 4) is 0 Å². The van der Waals surface area contributed by atoms with Crippen LogP contribution < -0.4 is 11.1 Å². The zero-order valence-electron chi connectivity index (χ0n) is 18.7. The molecule has 0 unspecified atom stereocenters. The maximum Gasteiger partial charge on any atom is 0.435 e. The summed E-state index contributed by atoms with van der Waals surface area (Å²) in [6.45, 7) is 7.74. The number of anilines is 1. The fourth-order valence-corrected chi connectivity index (χ4v) is 6.68. The summed E-state index contributed by atoms with van der Waals surface area (Å²) in [5.41, 5.74) is 4.11. The first kappa shape index (κ1) is 23.5. The molecule has 2 aliphatic heterocycles. The lowest BCUT2D eigenvalue weighted by Crippen LogP contribution is -2.68.